The highest BCUT2D eigenvalue weighted by Crippen LogP contribution is 2.33. The predicted molar refractivity (Wildman–Crippen MR) is 64.7 cm³/mol. The highest BCUT2D eigenvalue weighted by Gasteiger charge is 2.34. The zero-order chi connectivity index (χ0) is 11.3. The lowest BCUT2D eigenvalue weighted by Gasteiger charge is -2.45. The Morgan fingerprint density at radius 3 is 2.40 bits per heavy atom. The average molecular weight is 213 g/mol. The molecule has 0 aromatic rings. The minimum absolute atomic E-state index is 0.200. The molecule has 0 aromatic carbocycles. The minimum Gasteiger partial charge on any atom is -0.378 e. The summed E-state index contributed by atoms with van der Waals surface area (Å²) < 4.78 is 0. The van der Waals surface area contributed by atoms with Crippen LogP contribution in [0.5, 0.6) is 0 Å². The van der Waals surface area contributed by atoms with Crippen LogP contribution in [-0.4, -0.2) is 28.8 Å². The Balaban J connectivity index is 2.44. The smallest absolute Gasteiger partial charge is 0.107 e. The van der Waals surface area contributed by atoms with Crippen molar-refractivity contribution < 1.29 is 5.11 Å². The standard InChI is InChI=1S/C13H27NO/c1-4-6-10-14(13(15)7-5-2)12-9-8-11(12)3/h11-13,15H,4-10H2,1-3H3. The van der Waals surface area contributed by atoms with Crippen molar-refractivity contribution in [1.82, 2.24) is 4.90 Å². The van der Waals surface area contributed by atoms with Gasteiger partial charge in [-0.05, 0) is 31.6 Å². The lowest BCUT2D eigenvalue weighted by atomic mass is 9.79. The Labute approximate surface area is 94.7 Å². The van der Waals surface area contributed by atoms with E-state index in [1.54, 1.807) is 0 Å². The van der Waals surface area contributed by atoms with E-state index in [9.17, 15) is 5.11 Å². The maximum absolute atomic E-state index is 10.1. The van der Waals surface area contributed by atoms with Gasteiger partial charge < -0.3 is 5.11 Å². The second-order valence-corrected chi connectivity index (χ2v) is 4.98. The van der Waals surface area contributed by atoms with E-state index in [1.165, 1.54) is 25.7 Å². The average Bonchev–Trinajstić information content (AvgIpc) is 2.22. The molecule has 1 saturated carbocycles. The molecule has 0 saturated heterocycles. The molecule has 1 aliphatic rings. The summed E-state index contributed by atoms with van der Waals surface area (Å²) in [6, 6.07) is 0.651. The predicted octanol–water partition coefficient (Wildman–Crippen LogP) is 3.01. The van der Waals surface area contributed by atoms with Crippen LogP contribution in [0.4, 0.5) is 0 Å². The first-order valence-electron chi connectivity index (χ1n) is 6.64. The highest BCUT2D eigenvalue weighted by molar-refractivity contribution is 4.87. The van der Waals surface area contributed by atoms with Gasteiger partial charge in [0.15, 0.2) is 0 Å². The van der Waals surface area contributed by atoms with Crippen LogP contribution in [0.3, 0.4) is 0 Å². The van der Waals surface area contributed by atoms with E-state index < -0.39 is 0 Å². The molecule has 1 N–H and O–H groups in total. The monoisotopic (exact) mass is 213 g/mol. The molecule has 1 aliphatic carbocycles. The molecule has 3 unspecified atom stereocenters. The molecule has 90 valence electrons. The number of aliphatic hydroxyl groups excluding tert-OH is 1. The summed E-state index contributed by atoms with van der Waals surface area (Å²) in [6.07, 6.45) is 6.85. The van der Waals surface area contributed by atoms with Gasteiger partial charge in [0.05, 0.1) is 0 Å². The van der Waals surface area contributed by atoms with Crippen molar-refractivity contribution in [2.45, 2.75) is 71.6 Å². The van der Waals surface area contributed by atoms with Crippen LogP contribution in [0.25, 0.3) is 0 Å². The summed E-state index contributed by atoms with van der Waals surface area (Å²) in [6.45, 7) is 7.75. The summed E-state index contributed by atoms with van der Waals surface area (Å²) in [7, 11) is 0. The van der Waals surface area contributed by atoms with Gasteiger partial charge in [-0.3, -0.25) is 4.90 Å². The maximum Gasteiger partial charge on any atom is 0.107 e. The molecule has 0 aromatic heterocycles. The normalized spacial score (nSPS) is 27.8. The number of unbranched alkanes of at least 4 members (excludes halogenated alkanes) is 1. The van der Waals surface area contributed by atoms with Gasteiger partial charge in [0, 0.05) is 12.6 Å². The van der Waals surface area contributed by atoms with E-state index in [4.69, 9.17) is 0 Å². The van der Waals surface area contributed by atoms with E-state index in [0.717, 1.165) is 25.3 Å². The first-order chi connectivity index (χ1) is 7.20. The fourth-order valence-corrected chi connectivity index (χ4v) is 2.44. The van der Waals surface area contributed by atoms with Gasteiger partial charge in [-0.25, -0.2) is 0 Å². The van der Waals surface area contributed by atoms with Gasteiger partial charge in [0.25, 0.3) is 0 Å². The Kier molecular flexibility index (Phi) is 5.62. The number of hydrogen-bond donors (Lipinski definition) is 1. The molecule has 2 heteroatoms. The van der Waals surface area contributed by atoms with E-state index in [0.29, 0.717) is 6.04 Å². The summed E-state index contributed by atoms with van der Waals surface area (Å²) in [5.41, 5.74) is 0. The first kappa shape index (κ1) is 13.0. The Hall–Kier alpha value is -0.0800. The van der Waals surface area contributed by atoms with Crippen molar-refractivity contribution in [3.8, 4) is 0 Å². The quantitative estimate of drug-likeness (QED) is 0.657. The first-order valence-corrected chi connectivity index (χ1v) is 6.64. The second-order valence-electron chi connectivity index (χ2n) is 4.98. The molecular weight excluding hydrogens is 186 g/mol. The number of hydrogen-bond acceptors (Lipinski definition) is 2. The number of aliphatic hydroxyl groups is 1. The third kappa shape index (κ3) is 3.46. The second kappa shape index (κ2) is 6.49. The molecule has 0 aliphatic heterocycles. The Bertz CT molecular complexity index is 172. The van der Waals surface area contributed by atoms with Crippen molar-refractivity contribution >= 4 is 0 Å². The zero-order valence-corrected chi connectivity index (χ0v) is 10.6. The number of nitrogens with zero attached hydrogens (tertiary/aromatic N) is 1. The molecule has 0 amide bonds. The Morgan fingerprint density at radius 2 is 2.00 bits per heavy atom. The fraction of sp³-hybridized carbons (Fsp3) is 1.00. The molecule has 0 spiro atoms. The molecule has 2 nitrogen and oxygen atoms in total. The van der Waals surface area contributed by atoms with Crippen LogP contribution in [-0.2, 0) is 0 Å². The topological polar surface area (TPSA) is 23.5 Å². The van der Waals surface area contributed by atoms with Crippen LogP contribution in [0.15, 0.2) is 0 Å². The van der Waals surface area contributed by atoms with Gasteiger partial charge in [0.1, 0.15) is 6.23 Å². The van der Waals surface area contributed by atoms with E-state index >= 15 is 0 Å². The van der Waals surface area contributed by atoms with Crippen molar-refractivity contribution in [3.05, 3.63) is 0 Å². The zero-order valence-electron chi connectivity index (χ0n) is 10.6. The van der Waals surface area contributed by atoms with Crippen molar-refractivity contribution in [2.24, 2.45) is 5.92 Å². The molecule has 1 rings (SSSR count). The van der Waals surface area contributed by atoms with E-state index in [1.807, 2.05) is 0 Å². The van der Waals surface area contributed by atoms with Crippen LogP contribution in [0.1, 0.15) is 59.3 Å². The van der Waals surface area contributed by atoms with Gasteiger partial charge >= 0.3 is 0 Å². The molecule has 0 bridgehead atoms. The third-order valence-corrected chi connectivity index (χ3v) is 3.70. The van der Waals surface area contributed by atoms with Crippen molar-refractivity contribution in [1.29, 1.82) is 0 Å². The molecule has 3 atom stereocenters. The molecule has 1 fully saturated rings. The summed E-state index contributed by atoms with van der Waals surface area (Å²) in [5, 5.41) is 10.1. The summed E-state index contributed by atoms with van der Waals surface area (Å²) >= 11 is 0. The van der Waals surface area contributed by atoms with Crippen molar-refractivity contribution in [2.75, 3.05) is 6.54 Å². The molecule has 0 radical (unpaired) electrons. The van der Waals surface area contributed by atoms with Crippen LogP contribution in [0.2, 0.25) is 0 Å². The lowest BCUT2D eigenvalue weighted by Crippen LogP contribution is -2.51. The molecule has 0 heterocycles. The number of rotatable bonds is 7. The summed E-state index contributed by atoms with van der Waals surface area (Å²) in [5.74, 6) is 0.786. The third-order valence-electron chi connectivity index (χ3n) is 3.70. The molecule has 15 heavy (non-hydrogen) atoms. The minimum atomic E-state index is -0.200. The van der Waals surface area contributed by atoms with Crippen LogP contribution >= 0.6 is 0 Å². The van der Waals surface area contributed by atoms with E-state index in [2.05, 4.69) is 25.7 Å². The Morgan fingerprint density at radius 1 is 1.27 bits per heavy atom. The molecular formula is C13H27NO. The largest absolute Gasteiger partial charge is 0.378 e. The SMILES string of the molecule is CCCCN(C(O)CCC)C1CCC1C. The van der Waals surface area contributed by atoms with Crippen molar-refractivity contribution in [3.63, 3.8) is 0 Å². The van der Waals surface area contributed by atoms with Gasteiger partial charge in [-0.1, -0.05) is 33.6 Å². The highest BCUT2D eigenvalue weighted by atomic mass is 16.3. The maximum atomic E-state index is 10.1. The summed E-state index contributed by atoms with van der Waals surface area (Å²) in [4.78, 5) is 2.35. The van der Waals surface area contributed by atoms with Gasteiger partial charge in [0.2, 0.25) is 0 Å². The van der Waals surface area contributed by atoms with E-state index in [-0.39, 0.29) is 6.23 Å². The fourth-order valence-electron chi connectivity index (χ4n) is 2.44. The lowest BCUT2D eigenvalue weighted by molar-refractivity contribution is -0.0707. The van der Waals surface area contributed by atoms with Crippen LogP contribution in [0, 0.1) is 5.92 Å². The van der Waals surface area contributed by atoms with Gasteiger partial charge in [-0.2, -0.15) is 0 Å². The van der Waals surface area contributed by atoms with Gasteiger partial charge in [-0.15, -0.1) is 0 Å². The van der Waals surface area contributed by atoms with Crippen LogP contribution < -0.4 is 0 Å².